The van der Waals surface area contributed by atoms with Gasteiger partial charge in [0.2, 0.25) is 10.9 Å². The zero-order valence-corrected chi connectivity index (χ0v) is 15.6. The minimum absolute atomic E-state index is 0.615. The van der Waals surface area contributed by atoms with Gasteiger partial charge in [0, 0.05) is 24.3 Å². The number of thioether (sulfide) groups is 1. The number of hydrogen-bond acceptors (Lipinski definition) is 8. The van der Waals surface area contributed by atoms with Crippen molar-refractivity contribution in [3.8, 4) is 5.75 Å². The molecule has 132 valence electrons. The average molecular weight is 384 g/mol. The Morgan fingerprint density at radius 3 is 3.04 bits per heavy atom. The molecule has 1 N–H and O–H groups in total. The third-order valence-electron chi connectivity index (χ3n) is 3.46. The molecule has 0 aliphatic rings. The summed E-state index contributed by atoms with van der Waals surface area (Å²) in [5.74, 6) is 2.22. The maximum Gasteiger partial charge on any atom is 0.233 e. The quantitative estimate of drug-likeness (QED) is 0.482. The smallest absolute Gasteiger partial charge is 0.233 e. The van der Waals surface area contributed by atoms with Crippen molar-refractivity contribution in [2.75, 3.05) is 11.9 Å². The number of ether oxygens (including phenoxy) is 1. The standard InChI is InChI=1S/C17H16N6OS2/c1-2-24-14-7-4-3-6-13(14)20-16-21-22-17(26-16)25-11-12-10-23-9-5-8-18-15(23)19-12/h3-10H,2,11H2,1H3,(H,20,21). The van der Waals surface area contributed by atoms with Gasteiger partial charge >= 0.3 is 0 Å². The van der Waals surface area contributed by atoms with E-state index in [-0.39, 0.29) is 0 Å². The highest BCUT2D eigenvalue weighted by molar-refractivity contribution is 8.00. The summed E-state index contributed by atoms with van der Waals surface area (Å²) in [6.45, 7) is 2.58. The third kappa shape index (κ3) is 3.78. The van der Waals surface area contributed by atoms with Crippen molar-refractivity contribution in [2.45, 2.75) is 17.0 Å². The van der Waals surface area contributed by atoms with Gasteiger partial charge in [-0.05, 0) is 25.1 Å². The Hall–Kier alpha value is -2.65. The summed E-state index contributed by atoms with van der Waals surface area (Å²) >= 11 is 3.11. The summed E-state index contributed by atoms with van der Waals surface area (Å²) in [4.78, 5) is 8.72. The molecular formula is C17H16N6OS2. The molecule has 0 radical (unpaired) electrons. The van der Waals surface area contributed by atoms with Gasteiger partial charge in [-0.1, -0.05) is 35.2 Å². The number of imidazole rings is 1. The van der Waals surface area contributed by atoms with Crippen molar-refractivity contribution < 1.29 is 4.74 Å². The number of hydrogen-bond donors (Lipinski definition) is 1. The molecule has 4 aromatic rings. The lowest BCUT2D eigenvalue weighted by atomic mass is 10.3. The predicted octanol–water partition coefficient (Wildman–Crippen LogP) is 4.02. The molecule has 0 unspecified atom stereocenters. The van der Waals surface area contributed by atoms with Gasteiger partial charge in [0.25, 0.3) is 0 Å². The highest BCUT2D eigenvalue weighted by Gasteiger charge is 2.10. The van der Waals surface area contributed by atoms with Gasteiger partial charge < -0.3 is 10.1 Å². The van der Waals surface area contributed by atoms with E-state index in [0.717, 1.165) is 26.6 Å². The molecule has 1 aromatic carbocycles. The van der Waals surface area contributed by atoms with Crippen LogP contribution >= 0.6 is 23.1 Å². The maximum absolute atomic E-state index is 5.62. The highest BCUT2D eigenvalue weighted by Crippen LogP contribution is 2.32. The van der Waals surface area contributed by atoms with E-state index in [4.69, 9.17) is 4.74 Å². The first kappa shape index (κ1) is 16.8. The normalized spacial score (nSPS) is 11.0. The van der Waals surface area contributed by atoms with Gasteiger partial charge in [-0.15, -0.1) is 10.2 Å². The van der Waals surface area contributed by atoms with E-state index >= 15 is 0 Å². The minimum Gasteiger partial charge on any atom is -0.492 e. The molecule has 0 amide bonds. The molecule has 0 atom stereocenters. The number of rotatable bonds is 7. The predicted molar refractivity (Wildman–Crippen MR) is 103 cm³/mol. The van der Waals surface area contributed by atoms with E-state index in [1.807, 2.05) is 54.0 Å². The summed E-state index contributed by atoms with van der Waals surface area (Å²) in [5, 5.41) is 12.5. The first-order valence-electron chi connectivity index (χ1n) is 8.05. The fourth-order valence-corrected chi connectivity index (χ4v) is 4.02. The van der Waals surface area contributed by atoms with Crippen LogP contribution < -0.4 is 10.1 Å². The van der Waals surface area contributed by atoms with Crippen molar-refractivity contribution in [3.63, 3.8) is 0 Å². The summed E-state index contributed by atoms with van der Waals surface area (Å²) in [7, 11) is 0. The van der Waals surface area contributed by atoms with E-state index in [2.05, 4.69) is 25.5 Å². The van der Waals surface area contributed by atoms with Gasteiger partial charge in [0.15, 0.2) is 4.34 Å². The van der Waals surface area contributed by atoms with E-state index in [0.29, 0.717) is 18.1 Å². The second-order valence-electron chi connectivity index (χ2n) is 5.28. The van der Waals surface area contributed by atoms with Gasteiger partial charge in [0.05, 0.1) is 18.0 Å². The number of aromatic nitrogens is 5. The molecule has 3 aromatic heterocycles. The zero-order chi connectivity index (χ0) is 17.8. The number of fused-ring (bicyclic) bond motifs is 1. The lowest BCUT2D eigenvalue weighted by Crippen LogP contribution is -1.97. The molecule has 0 spiro atoms. The Morgan fingerprint density at radius 1 is 1.23 bits per heavy atom. The molecule has 7 nitrogen and oxygen atoms in total. The Bertz CT molecular complexity index is 982. The topological polar surface area (TPSA) is 77.2 Å². The fraction of sp³-hybridized carbons (Fsp3) is 0.176. The van der Waals surface area contributed by atoms with Crippen LogP contribution in [0.3, 0.4) is 0 Å². The Kier molecular flexibility index (Phi) is 4.98. The maximum atomic E-state index is 5.62. The molecule has 9 heteroatoms. The van der Waals surface area contributed by atoms with Crippen LogP contribution in [0.15, 0.2) is 53.3 Å². The van der Waals surface area contributed by atoms with Crippen molar-refractivity contribution in [2.24, 2.45) is 0 Å². The second kappa shape index (κ2) is 7.71. The molecule has 0 saturated carbocycles. The third-order valence-corrected chi connectivity index (χ3v) is 5.47. The van der Waals surface area contributed by atoms with E-state index in [1.165, 1.54) is 11.3 Å². The minimum atomic E-state index is 0.615. The van der Waals surface area contributed by atoms with Crippen molar-refractivity contribution in [1.29, 1.82) is 0 Å². The molecule has 0 aliphatic heterocycles. The molecule has 26 heavy (non-hydrogen) atoms. The van der Waals surface area contributed by atoms with Crippen LogP contribution in [-0.4, -0.2) is 31.2 Å². The van der Waals surface area contributed by atoms with E-state index in [1.54, 1.807) is 18.0 Å². The van der Waals surface area contributed by atoms with Gasteiger partial charge in [-0.3, -0.25) is 4.40 Å². The monoisotopic (exact) mass is 384 g/mol. The largest absolute Gasteiger partial charge is 0.492 e. The molecule has 0 aliphatic carbocycles. The second-order valence-corrected chi connectivity index (χ2v) is 7.48. The number of anilines is 2. The number of nitrogens with zero attached hydrogens (tertiary/aromatic N) is 5. The SMILES string of the molecule is CCOc1ccccc1Nc1nnc(SCc2cn3cccnc3n2)s1. The first-order chi connectivity index (χ1) is 12.8. The van der Waals surface area contributed by atoms with Gasteiger partial charge in [-0.2, -0.15) is 0 Å². The molecular weight excluding hydrogens is 368 g/mol. The first-order valence-corrected chi connectivity index (χ1v) is 9.86. The molecule has 0 bridgehead atoms. The summed E-state index contributed by atoms with van der Waals surface area (Å²) in [5.41, 5.74) is 1.84. The van der Waals surface area contributed by atoms with Crippen LogP contribution in [0.5, 0.6) is 5.75 Å². The number of nitrogens with one attached hydrogen (secondary N) is 1. The van der Waals surface area contributed by atoms with Crippen molar-refractivity contribution in [3.05, 3.63) is 54.6 Å². The van der Waals surface area contributed by atoms with Gasteiger partial charge in [0.1, 0.15) is 5.75 Å². The fourth-order valence-electron chi connectivity index (χ4n) is 2.37. The molecule has 4 rings (SSSR count). The van der Waals surface area contributed by atoms with Crippen molar-refractivity contribution in [1.82, 2.24) is 24.6 Å². The summed E-state index contributed by atoms with van der Waals surface area (Å²) in [6, 6.07) is 9.68. The van der Waals surface area contributed by atoms with E-state index < -0.39 is 0 Å². The van der Waals surface area contributed by atoms with Crippen LogP contribution in [0.4, 0.5) is 10.8 Å². The Morgan fingerprint density at radius 2 is 2.15 bits per heavy atom. The van der Waals surface area contributed by atoms with Crippen molar-refractivity contribution >= 4 is 39.7 Å². The van der Waals surface area contributed by atoms with Crippen LogP contribution in [0.2, 0.25) is 0 Å². The Balaban J connectivity index is 1.41. The zero-order valence-electron chi connectivity index (χ0n) is 14.0. The molecule has 3 heterocycles. The van der Waals surface area contributed by atoms with Crippen LogP contribution in [0.25, 0.3) is 5.78 Å². The van der Waals surface area contributed by atoms with Crippen LogP contribution in [-0.2, 0) is 5.75 Å². The van der Waals surface area contributed by atoms with Crippen LogP contribution in [0, 0.1) is 0 Å². The molecule has 0 fully saturated rings. The summed E-state index contributed by atoms with van der Waals surface area (Å²) in [6.07, 6.45) is 5.65. The number of para-hydroxylation sites is 2. The van der Waals surface area contributed by atoms with E-state index in [9.17, 15) is 0 Å². The number of benzene rings is 1. The Labute approximate surface area is 158 Å². The highest BCUT2D eigenvalue weighted by atomic mass is 32.2. The summed E-state index contributed by atoms with van der Waals surface area (Å²) < 4.78 is 8.41. The lowest BCUT2D eigenvalue weighted by molar-refractivity contribution is 0.342. The van der Waals surface area contributed by atoms with Crippen LogP contribution in [0.1, 0.15) is 12.6 Å². The molecule has 0 saturated heterocycles. The lowest BCUT2D eigenvalue weighted by Gasteiger charge is -2.09. The van der Waals surface area contributed by atoms with Gasteiger partial charge in [-0.25, -0.2) is 9.97 Å². The average Bonchev–Trinajstić information content (AvgIpc) is 3.28.